The Labute approximate surface area is 159 Å². The van der Waals surface area contributed by atoms with E-state index in [-0.39, 0.29) is 23.7 Å². The maximum absolute atomic E-state index is 14.0. The number of rotatable bonds is 5. The predicted octanol–water partition coefficient (Wildman–Crippen LogP) is 2.36. The van der Waals surface area contributed by atoms with E-state index in [0.29, 0.717) is 25.1 Å². The smallest absolute Gasteiger partial charge is 0.223 e. The summed E-state index contributed by atoms with van der Waals surface area (Å²) in [5.74, 6) is -1.13. The van der Waals surface area contributed by atoms with Crippen molar-refractivity contribution in [1.82, 2.24) is 9.80 Å². The van der Waals surface area contributed by atoms with Crippen LogP contribution >= 0.6 is 0 Å². The van der Waals surface area contributed by atoms with Gasteiger partial charge in [-0.1, -0.05) is 6.07 Å². The van der Waals surface area contributed by atoms with Crippen LogP contribution < -0.4 is 0 Å². The fourth-order valence-corrected chi connectivity index (χ4v) is 4.81. The lowest BCUT2D eigenvalue weighted by molar-refractivity contribution is -0.131. The molecule has 27 heavy (non-hydrogen) atoms. The standard InChI is InChI=1S/C19H26F2N2O3S/c1-27(25,26)12-11-23-18(24)5-7-19(23)6-2-9-22(10-8-19)14-15-3-4-16(20)13-17(15)21/h3-4,13H,2,5-12,14H2,1H3/t19-/m0/s1. The first kappa shape index (κ1) is 20.2. The lowest BCUT2D eigenvalue weighted by atomic mass is 9.88. The van der Waals surface area contributed by atoms with Crippen molar-refractivity contribution < 1.29 is 22.0 Å². The number of halogens is 2. The molecule has 3 rings (SSSR count). The second-order valence-corrected chi connectivity index (χ2v) is 10.0. The van der Waals surface area contributed by atoms with E-state index in [2.05, 4.69) is 4.90 Å². The number of amides is 1. The molecule has 1 atom stereocenters. The van der Waals surface area contributed by atoms with E-state index in [1.54, 1.807) is 4.90 Å². The summed E-state index contributed by atoms with van der Waals surface area (Å²) in [7, 11) is -3.14. The van der Waals surface area contributed by atoms with Crippen molar-refractivity contribution in [2.75, 3.05) is 31.6 Å². The fourth-order valence-electron chi connectivity index (χ4n) is 4.30. The third kappa shape index (κ3) is 4.85. The number of carbonyl (C=O) groups excluding carboxylic acids is 1. The molecular formula is C19H26F2N2O3S. The minimum atomic E-state index is -3.14. The number of sulfone groups is 1. The van der Waals surface area contributed by atoms with Crippen molar-refractivity contribution in [1.29, 1.82) is 0 Å². The van der Waals surface area contributed by atoms with Crippen LogP contribution in [0, 0.1) is 11.6 Å². The van der Waals surface area contributed by atoms with Crippen molar-refractivity contribution in [3.05, 3.63) is 35.4 Å². The number of carbonyl (C=O) groups is 1. The van der Waals surface area contributed by atoms with Crippen LogP contribution in [0.4, 0.5) is 8.78 Å². The molecule has 2 fully saturated rings. The minimum Gasteiger partial charge on any atom is -0.336 e. The zero-order chi connectivity index (χ0) is 19.7. The Balaban J connectivity index is 1.68. The van der Waals surface area contributed by atoms with Gasteiger partial charge in [-0.25, -0.2) is 17.2 Å². The Hall–Kier alpha value is -1.54. The minimum absolute atomic E-state index is 0.0228. The predicted molar refractivity (Wildman–Crippen MR) is 98.9 cm³/mol. The van der Waals surface area contributed by atoms with E-state index in [1.807, 2.05) is 0 Å². The summed E-state index contributed by atoms with van der Waals surface area (Å²) < 4.78 is 50.1. The molecule has 1 amide bonds. The van der Waals surface area contributed by atoms with Gasteiger partial charge >= 0.3 is 0 Å². The third-order valence-electron chi connectivity index (χ3n) is 5.78. The van der Waals surface area contributed by atoms with Crippen molar-refractivity contribution in [3.63, 3.8) is 0 Å². The Kier molecular flexibility index (Phi) is 5.86. The SMILES string of the molecule is CS(=O)(=O)CCN1C(=O)CC[C@]12CCCN(Cc1ccc(F)cc1F)CC2. The Bertz CT molecular complexity index is 815. The quantitative estimate of drug-likeness (QED) is 0.761. The molecule has 2 saturated heterocycles. The molecule has 0 saturated carbocycles. The van der Waals surface area contributed by atoms with E-state index in [9.17, 15) is 22.0 Å². The molecule has 0 N–H and O–H groups in total. The highest BCUT2D eigenvalue weighted by Gasteiger charge is 2.45. The van der Waals surface area contributed by atoms with E-state index >= 15 is 0 Å². The Morgan fingerprint density at radius 3 is 2.63 bits per heavy atom. The van der Waals surface area contributed by atoms with E-state index < -0.39 is 21.5 Å². The average molecular weight is 400 g/mol. The second kappa shape index (κ2) is 7.83. The molecule has 150 valence electrons. The monoisotopic (exact) mass is 400 g/mol. The van der Waals surface area contributed by atoms with E-state index in [1.165, 1.54) is 18.4 Å². The molecule has 0 bridgehead atoms. The van der Waals surface area contributed by atoms with Crippen LogP contribution in [0.1, 0.15) is 37.7 Å². The summed E-state index contributed by atoms with van der Waals surface area (Å²) >= 11 is 0. The summed E-state index contributed by atoms with van der Waals surface area (Å²) in [5.41, 5.74) is 0.168. The molecule has 2 heterocycles. The molecule has 1 aromatic rings. The van der Waals surface area contributed by atoms with Gasteiger partial charge in [-0.15, -0.1) is 0 Å². The van der Waals surface area contributed by atoms with Gasteiger partial charge in [0, 0.05) is 49.5 Å². The molecule has 2 aliphatic heterocycles. The molecule has 5 nitrogen and oxygen atoms in total. The van der Waals surface area contributed by atoms with Crippen LogP contribution in [0.25, 0.3) is 0 Å². The number of nitrogens with zero attached hydrogens (tertiary/aromatic N) is 2. The first-order valence-electron chi connectivity index (χ1n) is 9.33. The van der Waals surface area contributed by atoms with E-state index in [4.69, 9.17) is 0 Å². The molecule has 0 aromatic heterocycles. The maximum atomic E-state index is 14.0. The van der Waals surface area contributed by atoms with Gasteiger partial charge in [0.2, 0.25) is 5.91 Å². The molecule has 2 aliphatic rings. The number of benzene rings is 1. The zero-order valence-corrected chi connectivity index (χ0v) is 16.4. The summed E-state index contributed by atoms with van der Waals surface area (Å²) in [6, 6.07) is 3.64. The van der Waals surface area contributed by atoms with Crippen molar-refractivity contribution >= 4 is 15.7 Å². The highest BCUT2D eigenvalue weighted by Crippen LogP contribution is 2.39. The van der Waals surface area contributed by atoms with Crippen LogP contribution in [-0.2, 0) is 21.2 Å². The number of hydrogen-bond acceptors (Lipinski definition) is 4. The summed E-state index contributed by atoms with van der Waals surface area (Å²) in [6.45, 7) is 2.11. The van der Waals surface area contributed by atoms with Gasteiger partial charge in [0.15, 0.2) is 0 Å². The average Bonchev–Trinajstić information content (AvgIpc) is 2.74. The van der Waals surface area contributed by atoms with Gasteiger partial charge in [-0.05, 0) is 38.3 Å². The van der Waals surface area contributed by atoms with Gasteiger partial charge in [0.25, 0.3) is 0 Å². The Morgan fingerprint density at radius 2 is 1.93 bits per heavy atom. The first-order valence-corrected chi connectivity index (χ1v) is 11.4. The summed E-state index contributed by atoms with van der Waals surface area (Å²) in [5, 5.41) is 0. The first-order chi connectivity index (χ1) is 12.7. The number of likely N-dealkylation sites (tertiary alicyclic amines) is 2. The topological polar surface area (TPSA) is 57.7 Å². The van der Waals surface area contributed by atoms with Crippen molar-refractivity contribution in [2.45, 2.75) is 44.2 Å². The van der Waals surface area contributed by atoms with Crippen LogP contribution in [0.3, 0.4) is 0 Å². The third-order valence-corrected chi connectivity index (χ3v) is 6.71. The van der Waals surface area contributed by atoms with Gasteiger partial charge in [-0.2, -0.15) is 0 Å². The van der Waals surface area contributed by atoms with Crippen LogP contribution in [0.5, 0.6) is 0 Å². The Morgan fingerprint density at radius 1 is 1.15 bits per heavy atom. The summed E-state index contributed by atoms with van der Waals surface area (Å²) in [6.07, 6.45) is 4.80. The van der Waals surface area contributed by atoms with Crippen molar-refractivity contribution in [3.8, 4) is 0 Å². The molecule has 0 unspecified atom stereocenters. The molecule has 8 heteroatoms. The highest BCUT2D eigenvalue weighted by atomic mass is 32.2. The molecule has 0 radical (unpaired) electrons. The second-order valence-electron chi connectivity index (χ2n) is 7.77. The normalized spacial score (nSPS) is 24.6. The van der Waals surface area contributed by atoms with Gasteiger partial charge < -0.3 is 4.90 Å². The van der Waals surface area contributed by atoms with Crippen LogP contribution in [0.15, 0.2) is 18.2 Å². The summed E-state index contributed by atoms with van der Waals surface area (Å²) in [4.78, 5) is 16.3. The lowest BCUT2D eigenvalue weighted by Gasteiger charge is -2.38. The molecular weight excluding hydrogens is 374 g/mol. The maximum Gasteiger partial charge on any atom is 0.223 e. The fraction of sp³-hybridized carbons (Fsp3) is 0.632. The van der Waals surface area contributed by atoms with Gasteiger partial charge in [0.1, 0.15) is 21.5 Å². The van der Waals surface area contributed by atoms with Crippen molar-refractivity contribution in [2.24, 2.45) is 0 Å². The van der Waals surface area contributed by atoms with Crippen LogP contribution in [-0.4, -0.2) is 61.3 Å². The van der Waals surface area contributed by atoms with E-state index in [0.717, 1.165) is 38.3 Å². The zero-order valence-electron chi connectivity index (χ0n) is 15.6. The largest absolute Gasteiger partial charge is 0.336 e. The van der Waals surface area contributed by atoms with Gasteiger partial charge in [0.05, 0.1) is 5.75 Å². The highest BCUT2D eigenvalue weighted by molar-refractivity contribution is 7.90. The van der Waals surface area contributed by atoms with Gasteiger partial charge in [-0.3, -0.25) is 9.69 Å². The van der Waals surface area contributed by atoms with Crippen LogP contribution in [0.2, 0.25) is 0 Å². The lowest BCUT2D eigenvalue weighted by Crippen LogP contribution is -2.48. The number of hydrogen-bond donors (Lipinski definition) is 0. The molecule has 1 aromatic carbocycles. The molecule has 1 spiro atoms. The molecule has 0 aliphatic carbocycles.